The Morgan fingerprint density at radius 3 is 2.68 bits per heavy atom. The Bertz CT molecular complexity index is 741. The molecule has 2 nitrogen and oxygen atoms in total. The third-order valence-corrected chi connectivity index (χ3v) is 4.40. The number of aromatic nitrogens is 2. The number of nitrogens with one attached hydrogen (secondary N) is 1. The molecular formula is C14H9F2IN2. The molecule has 0 radical (unpaired) electrons. The Balaban J connectivity index is 2.23. The summed E-state index contributed by atoms with van der Waals surface area (Å²) in [7, 11) is 0. The van der Waals surface area contributed by atoms with Gasteiger partial charge in [-0.15, -0.1) is 0 Å². The minimum atomic E-state index is -0.885. The van der Waals surface area contributed by atoms with E-state index < -0.39 is 11.6 Å². The fraction of sp³-hybridized carbons (Fsp3) is 0.0714. The van der Waals surface area contributed by atoms with E-state index in [9.17, 15) is 8.78 Å². The summed E-state index contributed by atoms with van der Waals surface area (Å²) in [5.74, 6) is -1.14. The predicted octanol–water partition coefficient (Wildman–Crippen LogP) is 4.42. The van der Waals surface area contributed by atoms with Crippen LogP contribution in [0.5, 0.6) is 0 Å². The van der Waals surface area contributed by atoms with E-state index in [2.05, 4.69) is 32.6 Å². The number of benzene rings is 2. The molecular weight excluding hydrogens is 361 g/mol. The van der Waals surface area contributed by atoms with Crippen LogP contribution in [0.15, 0.2) is 30.3 Å². The molecule has 1 aromatic heterocycles. The first-order valence-corrected chi connectivity index (χ1v) is 6.74. The van der Waals surface area contributed by atoms with Crippen molar-refractivity contribution in [3.05, 3.63) is 51.1 Å². The topological polar surface area (TPSA) is 28.7 Å². The molecule has 3 aromatic rings. The van der Waals surface area contributed by atoms with Crippen LogP contribution in [0.4, 0.5) is 8.78 Å². The summed E-state index contributed by atoms with van der Waals surface area (Å²) in [4.78, 5) is 7.35. The molecule has 0 atom stereocenters. The maximum Gasteiger partial charge on any atom is 0.161 e. The van der Waals surface area contributed by atoms with Crippen molar-refractivity contribution >= 4 is 33.6 Å². The molecule has 0 spiro atoms. The SMILES string of the molecule is Cc1cccc(-c2nc3cc(F)c(F)cc3[nH]2)c1I. The number of hydrogen-bond acceptors (Lipinski definition) is 1. The minimum Gasteiger partial charge on any atom is -0.338 e. The highest BCUT2D eigenvalue weighted by atomic mass is 127. The third kappa shape index (κ3) is 2.11. The molecule has 2 aromatic carbocycles. The van der Waals surface area contributed by atoms with E-state index in [4.69, 9.17) is 0 Å². The molecule has 0 aliphatic carbocycles. The van der Waals surface area contributed by atoms with E-state index in [0.717, 1.165) is 26.8 Å². The minimum absolute atomic E-state index is 0.422. The Morgan fingerprint density at radius 1 is 1.16 bits per heavy atom. The number of H-pyrrole nitrogens is 1. The Labute approximate surface area is 122 Å². The molecule has 19 heavy (non-hydrogen) atoms. The molecule has 0 aliphatic rings. The largest absolute Gasteiger partial charge is 0.338 e. The molecule has 5 heteroatoms. The summed E-state index contributed by atoms with van der Waals surface area (Å²) >= 11 is 2.24. The van der Waals surface area contributed by atoms with Crippen molar-refractivity contribution in [3.63, 3.8) is 0 Å². The highest BCUT2D eigenvalue weighted by Crippen LogP contribution is 2.27. The highest BCUT2D eigenvalue weighted by Gasteiger charge is 2.12. The van der Waals surface area contributed by atoms with Gasteiger partial charge in [-0.1, -0.05) is 18.2 Å². The summed E-state index contributed by atoms with van der Waals surface area (Å²) in [5, 5.41) is 0. The molecule has 3 rings (SSSR count). The number of imidazole rings is 1. The third-order valence-electron chi connectivity index (χ3n) is 2.97. The second kappa shape index (κ2) is 4.56. The van der Waals surface area contributed by atoms with E-state index >= 15 is 0 Å². The smallest absolute Gasteiger partial charge is 0.161 e. The molecule has 0 fully saturated rings. The monoisotopic (exact) mass is 370 g/mol. The van der Waals surface area contributed by atoms with E-state index in [1.807, 2.05) is 25.1 Å². The summed E-state index contributed by atoms with van der Waals surface area (Å²) in [6.07, 6.45) is 0. The van der Waals surface area contributed by atoms with E-state index in [0.29, 0.717) is 16.9 Å². The molecule has 96 valence electrons. The van der Waals surface area contributed by atoms with Crippen molar-refractivity contribution in [1.82, 2.24) is 9.97 Å². The van der Waals surface area contributed by atoms with Gasteiger partial charge in [0.25, 0.3) is 0 Å². The van der Waals surface area contributed by atoms with Crippen molar-refractivity contribution in [2.75, 3.05) is 0 Å². The van der Waals surface area contributed by atoms with Crippen LogP contribution in [-0.4, -0.2) is 9.97 Å². The Hall–Kier alpha value is -1.50. The zero-order valence-corrected chi connectivity index (χ0v) is 12.1. The first-order chi connectivity index (χ1) is 9.06. The van der Waals surface area contributed by atoms with Crippen molar-refractivity contribution < 1.29 is 8.78 Å². The van der Waals surface area contributed by atoms with E-state index in [1.165, 1.54) is 0 Å². The number of aryl methyl sites for hydroxylation is 1. The van der Waals surface area contributed by atoms with Crippen LogP contribution < -0.4 is 0 Å². The van der Waals surface area contributed by atoms with Gasteiger partial charge in [0, 0.05) is 21.3 Å². The van der Waals surface area contributed by atoms with Gasteiger partial charge in [-0.25, -0.2) is 13.8 Å². The van der Waals surface area contributed by atoms with Crippen LogP contribution in [0, 0.1) is 22.1 Å². The number of nitrogens with zero attached hydrogens (tertiary/aromatic N) is 1. The van der Waals surface area contributed by atoms with E-state index in [-0.39, 0.29) is 0 Å². The molecule has 0 saturated carbocycles. The van der Waals surface area contributed by atoms with Crippen molar-refractivity contribution in [2.45, 2.75) is 6.92 Å². The van der Waals surface area contributed by atoms with Crippen LogP contribution in [-0.2, 0) is 0 Å². The van der Waals surface area contributed by atoms with Gasteiger partial charge in [-0.3, -0.25) is 0 Å². The van der Waals surface area contributed by atoms with Gasteiger partial charge in [0.2, 0.25) is 0 Å². The second-order valence-corrected chi connectivity index (χ2v) is 5.38. The lowest BCUT2D eigenvalue weighted by atomic mass is 10.1. The molecule has 0 bridgehead atoms. The van der Waals surface area contributed by atoms with Gasteiger partial charge < -0.3 is 4.98 Å². The van der Waals surface area contributed by atoms with Crippen molar-refractivity contribution in [3.8, 4) is 11.4 Å². The maximum atomic E-state index is 13.2. The van der Waals surface area contributed by atoms with Crippen molar-refractivity contribution in [2.24, 2.45) is 0 Å². The fourth-order valence-electron chi connectivity index (χ4n) is 1.96. The second-order valence-electron chi connectivity index (χ2n) is 4.31. The van der Waals surface area contributed by atoms with Crippen LogP contribution in [0.1, 0.15) is 5.56 Å². The van der Waals surface area contributed by atoms with Gasteiger partial charge in [0.05, 0.1) is 11.0 Å². The Morgan fingerprint density at radius 2 is 1.89 bits per heavy atom. The molecule has 1 N–H and O–H groups in total. The van der Waals surface area contributed by atoms with Gasteiger partial charge >= 0.3 is 0 Å². The van der Waals surface area contributed by atoms with Crippen molar-refractivity contribution in [1.29, 1.82) is 0 Å². The first kappa shape index (κ1) is 12.5. The van der Waals surface area contributed by atoms with Crippen LogP contribution in [0.25, 0.3) is 22.4 Å². The Kier molecular flexibility index (Phi) is 3.00. The molecule has 0 saturated heterocycles. The lowest BCUT2D eigenvalue weighted by Crippen LogP contribution is -1.88. The summed E-state index contributed by atoms with van der Waals surface area (Å²) in [6.45, 7) is 2.01. The van der Waals surface area contributed by atoms with E-state index in [1.54, 1.807) is 0 Å². The van der Waals surface area contributed by atoms with Gasteiger partial charge in [0.1, 0.15) is 5.82 Å². The lowest BCUT2D eigenvalue weighted by Gasteiger charge is -2.03. The van der Waals surface area contributed by atoms with Gasteiger partial charge in [0.15, 0.2) is 11.6 Å². The quantitative estimate of drug-likeness (QED) is 0.632. The number of aromatic amines is 1. The molecule has 0 unspecified atom stereocenters. The predicted molar refractivity (Wildman–Crippen MR) is 78.9 cm³/mol. The zero-order valence-electron chi connectivity index (χ0n) is 9.97. The molecule has 1 heterocycles. The van der Waals surface area contributed by atoms with Gasteiger partial charge in [-0.2, -0.15) is 0 Å². The average Bonchev–Trinajstić information content (AvgIpc) is 2.76. The number of rotatable bonds is 1. The maximum absolute atomic E-state index is 13.2. The fourth-order valence-corrected chi connectivity index (χ4v) is 2.58. The lowest BCUT2D eigenvalue weighted by molar-refractivity contribution is 0.510. The van der Waals surface area contributed by atoms with Crippen LogP contribution >= 0.6 is 22.6 Å². The van der Waals surface area contributed by atoms with Gasteiger partial charge in [-0.05, 0) is 35.1 Å². The standard InChI is InChI=1S/C14H9F2IN2/c1-7-3-2-4-8(13(7)17)14-18-11-5-9(15)10(16)6-12(11)19-14/h2-6H,1H3,(H,18,19). The summed E-state index contributed by atoms with van der Waals surface area (Å²) in [5.41, 5.74) is 2.98. The van der Waals surface area contributed by atoms with Crippen LogP contribution in [0.3, 0.4) is 0 Å². The number of fused-ring (bicyclic) bond motifs is 1. The zero-order chi connectivity index (χ0) is 13.6. The summed E-state index contributed by atoms with van der Waals surface area (Å²) < 4.78 is 27.4. The summed E-state index contributed by atoms with van der Waals surface area (Å²) in [6, 6.07) is 8.10. The van der Waals surface area contributed by atoms with Crippen LogP contribution in [0.2, 0.25) is 0 Å². The average molecular weight is 370 g/mol. The molecule has 0 aliphatic heterocycles. The number of halogens is 3. The highest BCUT2D eigenvalue weighted by molar-refractivity contribution is 14.1. The normalized spacial score (nSPS) is 11.2. The first-order valence-electron chi connectivity index (χ1n) is 5.66. The number of hydrogen-bond donors (Lipinski definition) is 1. The molecule has 0 amide bonds.